The Morgan fingerprint density at radius 2 is 1.70 bits per heavy atom. The monoisotopic (exact) mass is 336 g/mol. The van der Waals surface area contributed by atoms with E-state index >= 15 is 0 Å². The number of hydrogen-bond donors (Lipinski definition) is 2. The molecule has 0 saturated carbocycles. The molecule has 0 saturated heterocycles. The summed E-state index contributed by atoms with van der Waals surface area (Å²) in [5.41, 5.74) is 2.06. The molecule has 4 nitrogen and oxygen atoms in total. The van der Waals surface area contributed by atoms with Gasteiger partial charge in [-0.2, -0.15) is 0 Å². The summed E-state index contributed by atoms with van der Waals surface area (Å²) in [5.74, 6) is 0.390. The second-order valence-corrected chi connectivity index (χ2v) is 6.29. The van der Waals surface area contributed by atoms with Crippen LogP contribution in [-0.4, -0.2) is 6.03 Å². The second kappa shape index (κ2) is 5.71. The van der Waals surface area contributed by atoms with Crippen molar-refractivity contribution in [2.24, 2.45) is 0 Å². The van der Waals surface area contributed by atoms with Crippen LogP contribution in [0.2, 0.25) is 0 Å². The van der Waals surface area contributed by atoms with Crippen molar-refractivity contribution >= 4 is 33.5 Å². The van der Waals surface area contributed by atoms with Gasteiger partial charge in [-0.15, -0.1) is 0 Å². The van der Waals surface area contributed by atoms with E-state index in [4.69, 9.17) is 4.42 Å². The van der Waals surface area contributed by atoms with Crippen molar-refractivity contribution in [3.63, 3.8) is 0 Å². The zero-order valence-corrected chi connectivity index (χ0v) is 13.2. The van der Waals surface area contributed by atoms with Crippen LogP contribution in [0.15, 0.2) is 45.5 Å². The fraction of sp³-hybridized carbons (Fsp3) is 0.267. The average molecular weight is 337 g/mol. The van der Waals surface area contributed by atoms with Crippen LogP contribution in [-0.2, 0) is 5.41 Å². The number of carbonyl (C=O) groups excluding carboxylic acids is 1. The van der Waals surface area contributed by atoms with Gasteiger partial charge in [0.1, 0.15) is 0 Å². The number of carbonyl (C=O) groups is 1. The molecule has 2 N–H and O–H groups in total. The van der Waals surface area contributed by atoms with Crippen molar-refractivity contribution in [3.8, 4) is 0 Å². The van der Waals surface area contributed by atoms with E-state index in [0.717, 1.165) is 5.69 Å². The second-order valence-electron chi connectivity index (χ2n) is 5.51. The third-order valence-corrected chi connectivity index (χ3v) is 3.24. The molecule has 2 amide bonds. The van der Waals surface area contributed by atoms with E-state index in [0.29, 0.717) is 10.6 Å². The van der Waals surface area contributed by atoms with Gasteiger partial charge in [0.2, 0.25) is 5.88 Å². The molecule has 0 aliphatic rings. The Bertz CT molecular complexity index is 597. The number of anilines is 2. The van der Waals surface area contributed by atoms with Gasteiger partial charge in [-0.05, 0) is 45.1 Å². The Balaban J connectivity index is 1.98. The van der Waals surface area contributed by atoms with E-state index in [9.17, 15) is 4.79 Å². The van der Waals surface area contributed by atoms with Crippen LogP contribution in [0.5, 0.6) is 0 Å². The van der Waals surface area contributed by atoms with Gasteiger partial charge in [0.25, 0.3) is 0 Å². The first kappa shape index (κ1) is 14.7. The quantitative estimate of drug-likeness (QED) is 0.812. The molecule has 0 aliphatic carbocycles. The number of benzene rings is 1. The third-order valence-electron chi connectivity index (χ3n) is 2.82. The molecular weight excluding hydrogens is 320 g/mol. The van der Waals surface area contributed by atoms with Crippen molar-refractivity contribution in [2.75, 3.05) is 10.6 Å². The fourth-order valence-corrected chi connectivity index (χ4v) is 2.02. The maximum Gasteiger partial charge on any atom is 0.326 e. The number of amides is 2. The smallest absolute Gasteiger partial charge is 0.326 e. The lowest BCUT2D eigenvalue weighted by Crippen LogP contribution is -2.19. The van der Waals surface area contributed by atoms with E-state index in [-0.39, 0.29) is 11.4 Å². The molecule has 2 rings (SSSR count). The van der Waals surface area contributed by atoms with Gasteiger partial charge in [-0.3, -0.25) is 5.32 Å². The largest absolute Gasteiger partial charge is 0.434 e. The van der Waals surface area contributed by atoms with E-state index in [1.807, 2.05) is 24.3 Å². The summed E-state index contributed by atoms with van der Waals surface area (Å²) in [6.45, 7) is 6.45. The number of nitrogens with one attached hydrogen (secondary N) is 2. The van der Waals surface area contributed by atoms with Gasteiger partial charge >= 0.3 is 6.03 Å². The Labute approximate surface area is 126 Å². The van der Waals surface area contributed by atoms with Crippen molar-refractivity contribution in [1.29, 1.82) is 0 Å². The molecule has 0 atom stereocenters. The summed E-state index contributed by atoms with van der Waals surface area (Å²) < 4.78 is 5.77. The van der Waals surface area contributed by atoms with Crippen molar-refractivity contribution in [3.05, 3.63) is 46.6 Å². The molecule has 1 aromatic heterocycles. The van der Waals surface area contributed by atoms with E-state index < -0.39 is 0 Å². The lowest BCUT2D eigenvalue weighted by Gasteiger charge is -2.19. The highest BCUT2D eigenvalue weighted by molar-refractivity contribution is 9.10. The predicted octanol–water partition coefficient (Wildman–Crippen LogP) is 4.98. The maximum absolute atomic E-state index is 11.8. The highest BCUT2D eigenvalue weighted by atomic mass is 79.9. The summed E-state index contributed by atoms with van der Waals surface area (Å²) >= 11 is 3.18. The molecule has 0 radical (unpaired) electrons. The van der Waals surface area contributed by atoms with E-state index in [1.165, 1.54) is 5.56 Å². The van der Waals surface area contributed by atoms with Crippen LogP contribution in [0.4, 0.5) is 16.4 Å². The minimum absolute atomic E-state index is 0.0984. The van der Waals surface area contributed by atoms with Crippen LogP contribution in [0.1, 0.15) is 26.3 Å². The lowest BCUT2D eigenvalue weighted by molar-refractivity contribution is 0.261. The molecule has 1 aromatic carbocycles. The Morgan fingerprint density at radius 1 is 1.05 bits per heavy atom. The van der Waals surface area contributed by atoms with Gasteiger partial charge < -0.3 is 9.73 Å². The minimum atomic E-state index is -0.338. The van der Waals surface area contributed by atoms with E-state index in [2.05, 4.69) is 47.3 Å². The van der Waals surface area contributed by atoms with Gasteiger partial charge in [0.15, 0.2) is 4.67 Å². The molecule has 0 bridgehead atoms. The number of furan rings is 1. The predicted molar refractivity (Wildman–Crippen MR) is 84.2 cm³/mol. The number of urea groups is 1. The molecule has 0 aliphatic heterocycles. The summed E-state index contributed by atoms with van der Waals surface area (Å²) in [6.07, 6.45) is 0. The zero-order chi connectivity index (χ0) is 14.8. The summed E-state index contributed by atoms with van der Waals surface area (Å²) in [5, 5.41) is 5.36. The molecule has 1 heterocycles. The van der Waals surface area contributed by atoms with Gasteiger partial charge in [-0.25, -0.2) is 4.79 Å². The highest BCUT2D eigenvalue weighted by Crippen LogP contribution is 2.23. The van der Waals surface area contributed by atoms with Crippen LogP contribution in [0.25, 0.3) is 0 Å². The molecule has 0 unspecified atom stereocenters. The normalized spacial score (nSPS) is 11.2. The standard InChI is InChI=1S/C15H17BrN2O2/c1-15(2,3)10-4-6-11(7-5-10)17-14(19)18-13-9-8-12(16)20-13/h4-9H,1-3H3,(H2,17,18,19). The Morgan fingerprint density at radius 3 is 2.20 bits per heavy atom. The summed E-state index contributed by atoms with van der Waals surface area (Å²) in [6, 6.07) is 10.9. The molecule has 2 aromatic rings. The topological polar surface area (TPSA) is 54.3 Å². The van der Waals surface area contributed by atoms with Crippen LogP contribution in [0.3, 0.4) is 0 Å². The van der Waals surface area contributed by atoms with Crippen molar-refractivity contribution in [2.45, 2.75) is 26.2 Å². The fourth-order valence-electron chi connectivity index (χ4n) is 1.71. The molecule has 0 fully saturated rings. The van der Waals surface area contributed by atoms with Gasteiger partial charge in [0, 0.05) is 11.8 Å². The first-order valence-corrected chi connectivity index (χ1v) is 7.08. The molecule has 0 spiro atoms. The van der Waals surface area contributed by atoms with Gasteiger partial charge in [0.05, 0.1) is 0 Å². The van der Waals surface area contributed by atoms with Crippen LogP contribution in [0, 0.1) is 0 Å². The lowest BCUT2D eigenvalue weighted by atomic mass is 9.87. The van der Waals surface area contributed by atoms with Crippen LogP contribution >= 0.6 is 15.9 Å². The van der Waals surface area contributed by atoms with Crippen molar-refractivity contribution < 1.29 is 9.21 Å². The number of rotatable bonds is 2. The van der Waals surface area contributed by atoms with Crippen LogP contribution < -0.4 is 10.6 Å². The maximum atomic E-state index is 11.8. The Hall–Kier alpha value is -1.75. The molecule has 5 heteroatoms. The number of halogens is 1. The minimum Gasteiger partial charge on any atom is -0.434 e. The number of hydrogen-bond acceptors (Lipinski definition) is 2. The molecule has 106 valence electrons. The summed E-state index contributed by atoms with van der Waals surface area (Å²) in [4.78, 5) is 11.8. The van der Waals surface area contributed by atoms with Crippen molar-refractivity contribution in [1.82, 2.24) is 0 Å². The highest BCUT2D eigenvalue weighted by Gasteiger charge is 2.13. The molecule has 20 heavy (non-hydrogen) atoms. The Kier molecular flexibility index (Phi) is 4.18. The first-order valence-electron chi connectivity index (χ1n) is 6.28. The first-order chi connectivity index (χ1) is 9.34. The summed E-state index contributed by atoms with van der Waals surface area (Å²) in [7, 11) is 0. The van der Waals surface area contributed by atoms with Gasteiger partial charge in [-0.1, -0.05) is 32.9 Å². The zero-order valence-electron chi connectivity index (χ0n) is 11.7. The average Bonchev–Trinajstić information content (AvgIpc) is 2.74. The van der Waals surface area contributed by atoms with E-state index in [1.54, 1.807) is 12.1 Å². The third kappa shape index (κ3) is 3.87. The SMILES string of the molecule is CC(C)(C)c1ccc(NC(=O)Nc2ccc(Br)o2)cc1. The molecular formula is C15H17BrN2O2.